The highest BCUT2D eigenvalue weighted by Crippen LogP contribution is 2.30. The molecule has 1 aromatic rings. The summed E-state index contributed by atoms with van der Waals surface area (Å²) in [5.74, 6) is -1.37. The number of hydrogen-bond donors (Lipinski definition) is 1. The van der Waals surface area contributed by atoms with Crippen molar-refractivity contribution in [3.8, 4) is 0 Å². The van der Waals surface area contributed by atoms with Crippen molar-refractivity contribution < 1.29 is 18.7 Å². The van der Waals surface area contributed by atoms with E-state index >= 15 is 0 Å². The Bertz CT molecular complexity index is 382. The van der Waals surface area contributed by atoms with Crippen LogP contribution in [0.5, 0.6) is 0 Å². The molecule has 1 rings (SSSR count). The molecule has 76 valence electrons. The van der Waals surface area contributed by atoms with Crippen LogP contribution in [0.2, 0.25) is 0 Å². The Morgan fingerprint density at radius 3 is 2.57 bits per heavy atom. The lowest BCUT2D eigenvalue weighted by atomic mass is 10.1. The van der Waals surface area contributed by atoms with Gasteiger partial charge in [0.1, 0.15) is 4.60 Å². The molecule has 0 radical (unpaired) electrons. The van der Waals surface area contributed by atoms with Crippen LogP contribution in [0.25, 0.3) is 0 Å². The first-order chi connectivity index (χ1) is 6.45. The van der Waals surface area contributed by atoms with Crippen molar-refractivity contribution in [3.05, 3.63) is 27.5 Å². The standard InChI is InChI=1S/C8H6BrF2NO2/c1-3-2-12-6(9)5(7(10)11)4(3)8(13)14/h2,7H,1H3,(H,13,14). The lowest BCUT2D eigenvalue weighted by Crippen LogP contribution is -2.07. The van der Waals surface area contributed by atoms with Crippen molar-refractivity contribution in [2.75, 3.05) is 0 Å². The Kier molecular flexibility index (Phi) is 3.15. The number of nitrogens with zero attached hydrogens (tertiary/aromatic N) is 1. The second-order valence-corrected chi connectivity index (χ2v) is 3.38. The van der Waals surface area contributed by atoms with E-state index < -0.39 is 18.0 Å². The minimum absolute atomic E-state index is 0.129. The summed E-state index contributed by atoms with van der Waals surface area (Å²) in [7, 11) is 0. The van der Waals surface area contributed by atoms with E-state index in [0.29, 0.717) is 0 Å². The number of carboxylic acid groups (broad SMARTS) is 1. The van der Waals surface area contributed by atoms with E-state index in [1.165, 1.54) is 13.1 Å². The first-order valence-electron chi connectivity index (χ1n) is 3.61. The Hall–Kier alpha value is -1.04. The number of rotatable bonds is 2. The van der Waals surface area contributed by atoms with E-state index in [2.05, 4.69) is 20.9 Å². The molecule has 0 amide bonds. The van der Waals surface area contributed by atoms with Gasteiger partial charge in [-0.05, 0) is 28.4 Å². The minimum atomic E-state index is -2.86. The zero-order valence-electron chi connectivity index (χ0n) is 7.09. The molecule has 0 aliphatic rings. The molecule has 3 nitrogen and oxygen atoms in total. The maximum absolute atomic E-state index is 12.5. The van der Waals surface area contributed by atoms with E-state index in [1.807, 2.05) is 0 Å². The van der Waals surface area contributed by atoms with Crippen molar-refractivity contribution in [2.24, 2.45) is 0 Å². The van der Waals surface area contributed by atoms with Gasteiger partial charge in [0.05, 0.1) is 11.1 Å². The summed E-state index contributed by atoms with van der Waals surface area (Å²) in [6, 6.07) is 0. The van der Waals surface area contributed by atoms with Gasteiger partial charge in [0.2, 0.25) is 0 Å². The van der Waals surface area contributed by atoms with Gasteiger partial charge in [-0.15, -0.1) is 0 Å². The molecule has 0 bridgehead atoms. The predicted octanol–water partition coefficient (Wildman–Crippen LogP) is 2.79. The van der Waals surface area contributed by atoms with Gasteiger partial charge >= 0.3 is 5.97 Å². The van der Waals surface area contributed by atoms with Crippen molar-refractivity contribution >= 4 is 21.9 Å². The van der Waals surface area contributed by atoms with Gasteiger partial charge in [0.15, 0.2) is 0 Å². The van der Waals surface area contributed by atoms with Crippen LogP contribution in [0.15, 0.2) is 10.8 Å². The van der Waals surface area contributed by atoms with Crippen LogP contribution in [0.1, 0.15) is 27.9 Å². The summed E-state index contributed by atoms with van der Waals surface area (Å²) in [6.45, 7) is 1.43. The fourth-order valence-corrected chi connectivity index (χ4v) is 1.56. The molecule has 0 aliphatic heterocycles. The van der Waals surface area contributed by atoms with Crippen LogP contribution in [0.4, 0.5) is 8.78 Å². The van der Waals surface area contributed by atoms with Gasteiger partial charge in [0.25, 0.3) is 6.43 Å². The molecule has 1 N–H and O–H groups in total. The van der Waals surface area contributed by atoms with Crippen LogP contribution >= 0.6 is 15.9 Å². The fraction of sp³-hybridized carbons (Fsp3) is 0.250. The molecule has 0 aliphatic carbocycles. The molecule has 0 saturated carbocycles. The van der Waals surface area contributed by atoms with E-state index in [9.17, 15) is 13.6 Å². The molecule has 0 atom stereocenters. The van der Waals surface area contributed by atoms with Gasteiger partial charge in [-0.25, -0.2) is 18.6 Å². The third-order valence-corrected chi connectivity index (χ3v) is 2.32. The van der Waals surface area contributed by atoms with Crippen molar-refractivity contribution in [2.45, 2.75) is 13.3 Å². The SMILES string of the molecule is Cc1cnc(Br)c(C(F)F)c1C(=O)O. The third kappa shape index (κ3) is 1.89. The van der Waals surface area contributed by atoms with Crippen molar-refractivity contribution in [1.29, 1.82) is 0 Å². The largest absolute Gasteiger partial charge is 0.478 e. The number of aryl methyl sites for hydroxylation is 1. The second-order valence-electron chi connectivity index (χ2n) is 2.63. The lowest BCUT2D eigenvalue weighted by molar-refractivity contribution is 0.0683. The average Bonchev–Trinajstić information content (AvgIpc) is 2.07. The fourth-order valence-electron chi connectivity index (χ4n) is 1.09. The highest BCUT2D eigenvalue weighted by Gasteiger charge is 2.23. The number of hydrogen-bond acceptors (Lipinski definition) is 2. The van der Waals surface area contributed by atoms with Crippen LogP contribution in [0, 0.1) is 6.92 Å². The van der Waals surface area contributed by atoms with Crippen molar-refractivity contribution in [1.82, 2.24) is 4.98 Å². The number of carbonyl (C=O) groups is 1. The Labute approximate surface area is 86.9 Å². The lowest BCUT2D eigenvalue weighted by Gasteiger charge is -2.08. The van der Waals surface area contributed by atoms with Gasteiger partial charge in [-0.2, -0.15) is 0 Å². The van der Waals surface area contributed by atoms with Crippen LogP contribution in [-0.2, 0) is 0 Å². The molecule has 1 aromatic heterocycles. The zero-order valence-corrected chi connectivity index (χ0v) is 8.68. The summed E-state index contributed by atoms with van der Waals surface area (Å²) in [4.78, 5) is 14.3. The van der Waals surface area contributed by atoms with Gasteiger partial charge < -0.3 is 5.11 Å². The van der Waals surface area contributed by atoms with Crippen LogP contribution < -0.4 is 0 Å². The first kappa shape index (κ1) is 11.0. The molecule has 0 unspecified atom stereocenters. The molecule has 0 aromatic carbocycles. The summed E-state index contributed by atoms with van der Waals surface area (Å²) in [5.41, 5.74) is -0.740. The number of carboxylic acids is 1. The minimum Gasteiger partial charge on any atom is -0.478 e. The summed E-state index contributed by atoms with van der Waals surface area (Å²) in [5, 5.41) is 8.74. The second kappa shape index (κ2) is 4.00. The Morgan fingerprint density at radius 1 is 1.64 bits per heavy atom. The zero-order chi connectivity index (χ0) is 10.9. The van der Waals surface area contributed by atoms with Crippen LogP contribution in [-0.4, -0.2) is 16.1 Å². The molecular weight excluding hydrogens is 260 g/mol. The third-order valence-electron chi connectivity index (χ3n) is 1.69. The van der Waals surface area contributed by atoms with E-state index in [1.54, 1.807) is 0 Å². The summed E-state index contributed by atoms with van der Waals surface area (Å²) in [6.07, 6.45) is -1.62. The first-order valence-corrected chi connectivity index (χ1v) is 4.41. The van der Waals surface area contributed by atoms with Crippen LogP contribution in [0.3, 0.4) is 0 Å². The number of halogens is 3. The van der Waals surface area contributed by atoms with Gasteiger partial charge in [0, 0.05) is 6.20 Å². The molecule has 6 heteroatoms. The molecule has 0 spiro atoms. The Balaban J connectivity index is 3.50. The molecule has 1 heterocycles. The van der Waals surface area contributed by atoms with Gasteiger partial charge in [-0.1, -0.05) is 0 Å². The van der Waals surface area contributed by atoms with E-state index in [0.717, 1.165) is 0 Å². The number of alkyl halides is 2. The summed E-state index contributed by atoms with van der Waals surface area (Å²) < 4.78 is 24.9. The smallest absolute Gasteiger partial charge is 0.336 e. The maximum Gasteiger partial charge on any atom is 0.336 e. The summed E-state index contributed by atoms with van der Waals surface area (Å²) >= 11 is 2.80. The Morgan fingerprint density at radius 2 is 2.21 bits per heavy atom. The van der Waals surface area contributed by atoms with E-state index in [4.69, 9.17) is 5.11 Å². The quantitative estimate of drug-likeness (QED) is 0.837. The predicted molar refractivity (Wildman–Crippen MR) is 48.6 cm³/mol. The average molecular weight is 266 g/mol. The molecule has 14 heavy (non-hydrogen) atoms. The molecule has 0 fully saturated rings. The highest BCUT2D eigenvalue weighted by molar-refractivity contribution is 9.10. The number of aromatic nitrogens is 1. The highest BCUT2D eigenvalue weighted by atomic mass is 79.9. The van der Waals surface area contributed by atoms with Crippen molar-refractivity contribution in [3.63, 3.8) is 0 Å². The number of pyridine rings is 1. The van der Waals surface area contributed by atoms with E-state index in [-0.39, 0.29) is 15.7 Å². The molecule has 0 saturated heterocycles. The maximum atomic E-state index is 12.5. The normalized spacial score (nSPS) is 10.6. The molecular formula is C8H6BrF2NO2. The number of aromatic carboxylic acids is 1. The monoisotopic (exact) mass is 265 g/mol. The van der Waals surface area contributed by atoms with Gasteiger partial charge in [-0.3, -0.25) is 0 Å². The topological polar surface area (TPSA) is 50.2 Å².